The predicted octanol–water partition coefficient (Wildman–Crippen LogP) is 3.95. The molecule has 0 radical (unpaired) electrons. The van der Waals surface area contributed by atoms with Crippen molar-refractivity contribution in [1.29, 1.82) is 5.26 Å². The lowest BCUT2D eigenvalue weighted by Crippen LogP contribution is -2.33. The number of amides is 1. The van der Waals surface area contributed by atoms with E-state index in [4.69, 9.17) is 14.2 Å². The molecular formula is C23H27N3O4. The van der Waals surface area contributed by atoms with Gasteiger partial charge in [0.2, 0.25) is 5.88 Å². The van der Waals surface area contributed by atoms with Gasteiger partial charge in [0, 0.05) is 17.7 Å². The highest BCUT2D eigenvalue weighted by Crippen LogP contribution is 2.37. The van der Waals surface area contributed by atoms with Crippen molar-refractivity contribution in [3.63, 3.8) is 0 Å². The molecule has 2 heterocycles. The third-order valence-corrected chi connectivity index (χ3v) is 4.99. The summed E-state index contributed by atoms with van der Waals surface area (Å²) in [5, 5.41) is 12.6. The minimum absolute atomic E-state index is 0.131. The Morgan fingerprint density at radius 2 is 2.00 bits per heavy atom. The molecular weight excluding hydrogens is 382 g/mol. The summed E-state index contributed by atoms with van der Waals surface area (Å²) in [4.78, 5) is 16.9. The van der Waals surface area contributed by atoms with Crippen LogP contribution in [0.2, 0.25) is 0 Å². The van der Waals surface area contributed by atoms with Crippen LogP contribution in [0, 0.1) is 11.3 Å². The monoisotopic (exact) mass is 409 g/mol. The van der Waals surface area contributed by atoms with E-state index in [2.05, 4.69) is 16.4 Å². The summed E-state index contributed by atoms with van der Waals surface area (Å²) in [6.07, 6.45) is 0.585. The van der Waals surface area contributed by atoms with Gasteiger partial charge in [0.15, 0.2) is 6.61 Å². The number of nitrogens with one attached hydrogen (secondary N) is 1. The van der Waals surface area contributed by atoms with Crippen LogP contribution in [0.25, 0.3) is 0 Å². The second-order valence-corrected chi connectivity index (χ2v) is 8.19. The number of aromatic nitrogens is 1. The van der Waals surface area contributed by atoms with Crippen LogP contribution in [0.5, 0.6) is 11.6 Å². The minimum Gasteiger partial charge on any atom is -0.497 e. The molecule has 1 aliphatic rings. The van der Waals surface area contributed by atoms with Crippen molar-refractivity contribution >= 4 is 11.6 Å². The Morgan fingerprint density at radius 1 is 1.30 bits per heavy atom. The van der Waals surface area contributed by atoms with Gasteiger partial charge in [-0.3, -0.25) is 4.79 Å². The number of hydrogen-bond acceptors (Lipinski definition) is 6. The number of pyridine rings is 1. The Balaban J connectivity index is 1.82. The maximum Gasteiger partial charge on any atom is 0.262 e. The fourth-order valence-electron chi connectivity index (χ4n) is 3.47. The molecule has 7 heteroatoms. The van der Waals surface area contributed by atoms with Gasteiger partial charge in [0.05, 0.1) is 25.0 Å². The van der Waals surface area contributed by atoms with E-state index in [0.717, 1.165) is 16.8 Å². The lowest BCUT2D eigenvalue weighted by Gasteiger charge is -2.34. The third kappa shape index (κ3) is 4.71. The summed E-state index contributed by atoms with van der Waals surface area (Å²) < 4.78 is 16.8. The van der Waals surface area contributed by atoms with Crippen LogP contribution in [0.1, 0.15) is 56.0 Å². The first-order chi connectivity index (χ1) is 14.2. The first kappa shape index (κ1) is 21.6. The van der Waals surface area contributed by atoms with E-state index in [1.54, 1.807) is 31.4 Å². The van der Waals surface area contributed by atoms with Gasteiger partial charge >= 0.3 is 0 Å². The van der Waals surface area contributed by atoms with E-state index in [-0.39, 0.29) is 29.9 Å². The fraction of sp³-hybridized carbons (Fsp3) is 0.435. The van der Waals surface area contributed by atoms with Crippen LogP contribution < -0.4 is 14.8 Å². The fourth-order valence-corrected chi connectivity index (χ4v) is 3.47. The Labute approximate surface area is 177 Å². The number of rotatable bonds is 6. The molecule has 30 heavy (non-hydrogen) atoms. The number of hydrogen-bond donors (Lipinski definition) is 1. The highest BCUT2D eigenvalue weighted by atomic mass is 16.5. The van der Waals surface area contributed by atoms with E-state index in [1.165, 1.54) is 0 Å². The summed E-state index contributed by atoms with van der Waals surface area (Å²) in [6.45, 7) is 8.23. The molecule has 1 aromatic heterocycles. The van der Waals surface area contributed by atoms with Gasteiger partial charge in [0.25, 0.3) is 5.91 Å². The Morgan fingerprint density at radius 3 is 2.60 bits per heavy atom. The van der Waals surface area contributed by atoms with Gasteiger partial charge in [-0.25, -0.2) is 4.98 Å². The lowest BCUT2D eigenvalue weighted by molar-refractivity contribution is -0.118. The second-order valence-electron chi connectivity index (χ2n) is 8.19. The van der Waals surface area contributed by atoms with E-state index in [0.29, 0.717) is 30.0 Å². The SMILES string of the molecule is COc1ccc(NC(=O)COc2nc(C(C)C)c3c(c2C#N)CC(C)(C)OC3)cc1. The summed E-state index contributed by atoms with van der Waals surface area (Å²) in [5.74, 6) is 0.696. The number of fused-ring (bicyclic) bond motifs is 1. The van der Waals surface area contributed by atoms with Crippen LogP contribution in [0.3, 0.4) is 0 Å². The van der Waals surface area contributed by atoms with Gasteiger partial charge < -0.3 is 19.5 Å². The zero-order valence-corrected chi connectivity index (χ0v) is 18.0. The number of nitriles is 1. The molecule has 0 atom stereocenters. The van der Waals surface area contributed by atoms with E-state index < -0.39 is 0 Å². The van der Waals surface area contributed by atoms with E-state index in [1.807, 2.05) is 27.7 Å². The van der Waals surface area contributed by atoms with Crippen LogP contribution in [-0.4, -0.2) is 30.2 Å². The summed E-state index contributed by atoms with van der Waals surface area (Å²) in [6, 6.07) is 9.23. The number of benzene rings is 1. The van der Waals surface area contributed by atoms with Crippen LogP contribution >= 0.6 is 0 Å². The van der Waals surface area contributed by atoms with Crippen molar-refractivity contribution in [3.05, 3.63) is 46.6 Å². The molecule has 3 rings (SSSR count). The molecule has 0 saturated heterocycles. The number of nitrogens with zero attached hydrogens (tertiary/aromatic N) is 2. The maximum atomic E-state index is 12.4. The van der Waals surface area contributed by atoms with Gasteiger partial charge in [-0.15, -0.1) is 0 Å². The van der Waals surface area contributed by atoms with Crippen LogP contribution in [0.4, 0.5) is 5.69 Å². The maximum absolute atomic E-state index is 12.4. The third-order valence-electron chi connectivity index (χ3n) is 4.99. The van der Waals surface area contributed by atoms with Crippen molar-refractivity contribution in [3.8, 4) is 17.7 Å². The van der Waals surface area contributed by atoms with E-state index in [9.17, 15) is 10.1 Å². The van der Waals surface area contributed by atoms with Crippen molar-refractivity contribution < 1.29 is 19.0 Å². The molecule has 0 unspecified atom stereocenters. The largest absolute Gasteiger partial charge is 0.497 e. The Hall–Kier alpha value is -3.11. The standard InChI is InChI=1S/C23H27N3O4/c1-14(2)21-19-12-30-23(3,4)10-17(19)18(11-24)22(26-21)29-13-20(27)25-15-6-8-16(28-5)9-7-15/h6-9,14H,10,12-13H2,1-5H3,(H,25,27). The van der Waals surface area contributed by atoms with Crippen molar-refractivity contribution in [2.75, 3.05) is 19.0 Å². The molecule has 0 fully saturated rings. The number of anilines is 1. The number of ether oxygens (including phenoxy) is 3. The molecule has 1 amide bonds. The molecule has 1 N–H and O–H groups in total. The normalized spacial score (nSPS) is 14.6. The van der Waals surface area contributed by atoms with Crippen molar-refractivity contribution in [2.24, 2.45) is 0 Å². The lowest BCUT2D eigenvalue weighted by atomic mass is 9.86. The Kier molecular flexibility index (Phi) is 6.28. The van der Waals surface area contributed by atoms with Gasteiger partial charge in [-0.1, -0.05) is 13.8 Å². The number of carbonyl (C=O) groups is 1. The average molecular weight is 409 g/mol. The number of carbonyl (C=O) groups excluding carboxylic acids is 1. The molecule has 158 valence electrons. The molecule has 2 aromatic rings. The van der Waals surface area contributed by atoms with Gasteiger partial charge in [-0.2, -0.15) is 5.26 Å². The van der Waals surface area contributed by atoms with Crippen molar-refractivity contribution in [1.82, 2.24) is 4.98 Å². The van der Waals surface area contributed by atoms with Crippen molar-refractivity contribution in [2.45, 2.75) is 52.2 Å². The molecule has 0 aliphatic carbocycles. The molecule has 1 aromatic carbocycles. The molecule has 7 nitrogen and oxygen atoms in total. The quantitative estimate of drug-likeness (QED) is 0.776. The summed E-state index contributed by atoms with van der Waals surface area (Å²) >= 11 is 0. The van der Waals surface area contributed by atoms with Gasteiger partial charge in [0.1, 0.15) is 17.4 Å². The smallest absolute Gasteiger partial charge is 0.262 e. The predicted molar refractivity (Wildman–Crippen MR) is 113 cm³/mol. The minimum atomic E-state index is -0.378. The first-order valence-corrected chi connectivity index (χ1v) is 9.90. The Bertz CT molecular complexity index is 975. The molecule has 0 saturated carbocycles. The zero-order valence-electron chi connectivity index (χ0n) is 18.0. The van der Waals surface area contributed by atoms with E-state index >= 15 is 0 Å². The topological polar surface area (TPSA) is 93.5 Å². The highest BCUT2D eigenvalue weighted by Gasteiger charge is 2.32. The van der Waals surface area contributed by atoms with Gasteiger partial charge in [-0.05, 0) is 49.6 Å². The average Bonchev–Trinajstić information content (AvgIpc) is 2.71. The first-order valence-electron chi connectivity index (χ1n) is 9.90. The molecule has 1 aliphatic heterocycles. The summed E-state index contributed by atoms with van der Waals surface area (Å²) in [5.41, 5.74) is 3.32. The number of methoxy groups -OCH3 is 1. The van der Waals surface area contributed by atoms with Crippen LogP contribution in [0.15, 0.2) is 24.3 Å². The van der Waals surface area contributed by atoms with Crippen LogP contribution in [-0.2, 0) is 22.6 Å². The highest BCUT2D eigenvalue weighted by molar-refractivity contribution is 5.91. The molecule has 0 bridgehead atoms. The summed E-state index contributed by atoms with van der Waals surface area (Å²) in [7, 11) is 1.58. The molecule has 0 spiro atoms. The zero-order chi connectivity index (χ0) is 21.9. The second kappa shape index (κ2) is 8.72.